The number of unbranched alkanes of at least 4 members (excludes halogenated alkanes) is 1. The monoisotopic (exact) mass is 446 g/mol. The molecule has 0 saturated carbocycles. The molecule has 0 aliphatic rings. The van der Waals surface area contributed by atoms with Crippen molar-refractivity contribution in [2.75, 3.05) is 14.1 Å². The summed E-state index contributed by atoms with van der Waals surface area (Å²) in [5.74, 6) is 0.730. The lowest BCUT2D eigenvalue weighted by Gasteiger charge is -2.11. The average Bonchev–Trinajstić information content (AvgIpc) is 3.31. The molecular weight excluding hydrogens is 416 g/mol. The largest absolute Gasteiger partial charge is 0.352 e. The molecule has 10 heteroatoms. The Morgan fingerprint density at radius 1 is 1.26 bits per heavy atom. The molecule has 1 amide bonds. The molecule has 0 unspecified atom stereocenters. The molecule has 0 radical (unpaired) electrons. The first-order chi connectivity index (χ1) is 14.7. The number of nitrogens with one attached hydrogen (secondary N) is 1. The summed E-state index contributed by atoms with van der Waals surface area (Å²) in [7, 11) is 1.32. The van der Waals surface area contributed by atoms with Crippen LogP contribution in [0.1, 0.15) is 37.6 Å². The Bertz CT molecular complexity index is 1160. The van der Waals surface area contributed by atoms with E-state index in [1.54, 1.807) is 29.1 Å². The van der Waals surface area contributed by atoms with Gasteiger partial charge in [-0.1, -0.05) is 13.3 Å². The van der Waals surface area contributed by atoms with E-state index < -0.39 is 10.0 Å². The second kappa shape index (κ2) is 9.61. The summed E-state index contributed by atoms with van der Waals surface area (Å²) in [5, 5.41) is 7.00. The van der Waals surface area contributed by atoms with Crippen molar-refractivity contribution in [2.24, 2.45) is 7.05 Å². The Kier molecular flexibility index (Phi) is 7.11. The predicted molar refractivity (Wildman–Crippen MR) is 119 cm³/mol. The number of nitrogens with zero attached hydrogens (tertiary/aromatic N) is 5. The molecule has 9 nitrogen and oxygen atoms in total. The number of fused-ring (bicyclic) bond motifs is 1. The van der Waals surface area contributed by atoms with Gasteiger partial charge in [-0.2, -0.15) is 5.10 Å². The molecule has 1 N–H and O–H groups in total. The van der Waals surface area contributed by atoms with Crippen LogP contribution >= 0.6 is 0 Å². The number of amides is 1. The van der Waals surface area contributed by atoms with Crippen LogP contribution in [-0.2, 0) is 41.4 Å². The quantitative estimate of drug-likeness (QED) is 0.514. The molecule has 0 aliphatic carbocycles. The van der Waals surface area contributed by atoms with E-state index in [2.05, 4.69) is 26.9 Å². The number of imidazole rings is 1. The maximum atomic E-state index is 12.5. The highest BCUT2D eigenvalue weighted by Gasteiger charge is 2.20. The molecule has 3 rings (SSSR count). The topological polar surface area (TPSA) is 102 Å². The Morgan fingerprint density at radius 3 is 2.68 bits per heavy atom. The number of benzene rings is 1. The predicted octanol–water partition coefficient (Wildman–Crippen LogP) is 2.07. The Balaban J connectivity index is 1.78. The van der Waals surface area contributed by atoms with E-state index in [-0.39, 0.29) is 10.8 Å². The zero-order valence-corrected chi connectivity index (χ0v) is 19.3. The van der Waals surface area contributed by atoms with Gasteiger partial charge in [-0.3, -0.25) is 9.48 Å². The van der Waals surface area contributed by atoms with Gasteiger partial charge < -0.3 is 9.88 Å². The standard InChI is InChI=1S/C21H30N6O3S/c1-5-6-11-27-19-8-7-17(31(29,30)25(2)3)12-18(19)24-20(27)9-10-21(28)22-13-16-14-23-26(4)15-16/h7-8,12,14-15H,5-6,9-11,13H2,1-4H3,(H,22,28). The highest BCUT2D eigenvalue weighted by molar-refractivity contribution is 7.89. The molecule has 0 bridgehead atoms. The fourth-order valence-electron chi connectivity index (χ4n) is 3.36. The molecule has 0 atom stereocenters. The lowest BCUT2D eigenvalue weighted by molar-refractivity contribution is -0.121. The van der Waals surface area contributed by atoms with Gasteiger partial charge in [-0.15, -0.1) is 0 Å². The van der Waals surface area contributed by atoms with E-state index in [4.69, 9.17) is 0 Å². The molecule has 3 aromatic rings. The van der Waals surface area contributed by atoms with Gasteiger partial charge in [0.05, 0.1) is 22.1 Å². The number of carbonyl (C=O) groups excluding carboxylic acids is 1. The minimum atomic E-state index is -3.53. The molecule has 0 aliphatic heterocycles. The normalized spacial score (nSPS) is 12.0. The van der Waals surface area contributed by atoms with E-state index in [1.165, 1.54) is 18.4 Å². The van der Waals surface area contributed by atoms with E-state index in [9.17, 15) is 13.2 Å². The van der Waals surface area contributed by atoms with Gasteiger partial charge in [0.1, 0.15) is 5.82 Å². The SMILES string of the molecule is CCCCn1c(CCC(=O)NCc2cnn(C)c2)nc2cc(S(=O)(=O)N(C)C)ccc21. The summed E-state index contributed by atoms with van der Waals surface area (Å²) in [6.07, 6.45) is 6.38. The lowest BCUT2D eigenvalue weighted by Crippen LogP contribution is -2.23. The van der Waals surface area contributed by atoms with Gasteiger partial charge in [0.2, 0.25) is 15.9 Å². The Morgan fingerprint density at radius 2 is 2.03 bits per heavy atom. The zero-order valence-electron chi connectivity index (χ0n) is 18.5. The molecule has 0 spiro atoms. The van der Waals surface area contributed by atoms with Crippen molar-refractivity contribution < 1.29 is 13.2 Å². The van der Waals surface area contributed by atoms with Crippen molar-refractivity contribution >= 4 is 27.0 Å². The van der Waals surface area contributed by atoms with Crippen molar-refractivity contribution in [3.63, 3.8) is 0 Å². The molecule has 2 heterocycles. The molecule has 168 valence electrons. The first-order valence-electron chi connectivity index (χ1n) is 10.4. The maximum Gasteiger partial charge on any atom is 0.242 e. The molecule has 1 aromatic carbocycles. The van der Waals surface area contributed by atoms with E-state index in [0.29, 0.717) is 24.9 Å². The van der Waals surface area contributed by atoms with Crippen LogP contribution in [0.2, 0.25) is 0 Å². The number of aromatic nitrogens is 4. The number of aryl methyl sites for hydroxylation is 3. The summed E-state index contributed by atoms with van der Waals surface area (Å²) in [6.45, 7) is 3.33. The second-order valence-corrected chi connectivity index (χ2v) is 9.92. The van der Waals surface area contributed by atoms with Crippen LogP contribution in [0.3, 0.4) is 0 Å². The summed E-state index contributed by atoms with van der Waals surface area (Å²) in [4.78, 5) is 17.2. The third-order valence-electron chi connectivity index (χ3n) is 5.14. The molecule has 0 fully saturated rings. The fourth-order valence-corrected chi connectivity index (χ4v) is 4.29. The van der Waals surface area contributed by atoms with Crippen molar-refractivity contribution in [1.82, 2.24) is 29.0 Å². The van der Waals surface area contributed by atoms with Crippen LogP contribution in [0.25, 0.3) is 11.0 Å². The lowest BCUT2D eigenvalue weighted by atomic mass is 10.2. The summed E-state index contributed by atoms with van der Waals surface area (Å²) in [5.41, 5.74) is 2.46. The molecule has 2 aromatic heterocycles. The average molecular weight is 447 g/mol. The van der Waals surface area contributed by atoms with Crippen molar-refractivity contribution in [2.45, 2.75) is 50.6 Å². The van der Waals surface area contributed by atoms with Crippen LogP contribution in [0, 0.1) is 0 Å². The first kappa shape index (κ1) is 23.0. The number of hydrogen-bond acceptors (Lipinski definition) is 5. The highest BCUT2D eigenvalue weighted by Crippen LogP contribution is 2.23. The first-order valence-corrected chi connectivity index (χ1v) is 11.8. The van der Waals surface area contributed by atoms with Crippen LogP contribution < -0.4 is 5.32 Å². The Labute approximate surface area is 183 Å². The van der Waals surface area contributed by atoms with E-state index in [0.717, 1.165) is 36.3 Å². The van der Waals surface area contributed by atoms with Gasteiger partial charge in [-0.05, 0) is 24.6 Å². The van der Waals surface area contributed by atoms with Gasteiger partial charge in [0.15, 0.2) is 0 Å². The molecular formula is C21H30N6O3S. The van der Waals surface area contributed by atoms with Crippen molar-refractivity contribution in [1.29, 1.82) is 0 Å². The minimum absolute atomic E-state index is 0.0613. The second-order valence-electron chi connectivity index (χ2n) is 7.77. The van der Waals surface area contributed by atoms with Gasteiger partial charge in [0.25, 0.3) is 0 Å². The third-order valence-corrected chi connectivity index (χ3v) is 6.95. The third kappa shape index (κ3) is 5.31. The van der Waals surface area contributed by atoms with Gasteiger partial charge >= 0.3 is 0 Å². The van der Waals surface area contributed by atoms with Crippen molar-refractivity contribution in [3.05, 3.63) is 42.0 Å². The summed E-state index contributed by atoms with van der Waals surface area (Å²) >= 11 is 0. The number of carbonyl (C=O) groups is 1. The molecule has 0 saturated heterocycles. The van der Waals surface area contributed by atoms with E-state index >= 15 is 0 Å². The highest BCUT2D eigenvalue weighted by atomic mass is 32.2. The number of sulfonamides is 1. The van der Waals surface area contributed by atoms with Gasteiger partial charge in [0, 0.05) is 58.8 Å². The minimum Gasteiger partial charge on any atom is -0.352 e. The zero-order chi connectivity index (χ0) is 22.6. The number of hydrogen-bond donors (Lipinski definition) is 1. The summed E-state index contributed by atoms with van der Waals surface area (Å²) < 4.78 is 29.9. The Hall–Kier alpha value is -2.72. The van der Waals surface area contributed by atoms with Crippen LogP contribution in [-0.4, -0.2) is 52.1 Å². The summed E-state index contributed by atoms with van der Waals surface area (Å²) in [6, 6.07) is 5.03. The smallest absolute Gasteiger partial charge is 0.242 e. The number of rotatable bonds is 10. The van der Waals surface area contributed by atoms with Crippen LogP contribution in [0.5, 0.6) is 0 Å². The van der Waals surface area contributed by atoms with Gasteiger partial charge in [-0.25, -0.2) is 17.7 Å². The van der Waals surface area contributed by atoms with Crippen LogP contribution in [0.4, 0.5) is 0 Å². The van der Waals surface area contributed by atoms with E-state index in [1.807, 2.05) is 13.2 Å². The van der Waals surface area contributed by atoms with Crippen molar-refractivity contribution in [3.8, 4) is 0 Å². The fraction of sp³-hybridized carbons (Fsp3) is 0.476. The maximum absolute atomic E-state index is 12.5. The molecule has 31 heavy (non-hydrogen) atoms. The van der Waals surface area contributed by atoms with Crippen LogP contribution in [0.15, 0.2) is 35.5 Å².